The zero-order valence-electron chi connectivity index (χ0n) is 18.2. The van der Waals surface area contributed by atoms with Crippen LogP contribution in [0.3, 0.4) is 0 Å². The number of amides is 1. The number of nitrogens with one attached hydrogen (secondary N) is 1. The second kappa shape index (κ2) is 9.86. The van der Waals surface area contributed by atoms with Crippen molar-refractivity contribution in [1.29, 1.82) is 0 Å². The molecular formula is C24H23N3O3S3. The first-order chi connectivity index (χ1) is 15.8. The number of hydrogen-bond acceptors (Lipinski definition) is 6. The SMILES string of the molecule is Cc1nc(-c2ccc(CCNC(=O)c3ccc(S(=O)(=O)N(C)c4ccccc4)cc3)s2)cs1. The number of anilines is 1. The molecule has 0 spiro atoms. The molecule has 0 fully saturated rings. The van der Waals surface area contributed by atoms with E-state index in [-0.39, 0.29) is 10.8 Å². The number of thiazole rings is 1. The second-order valence-electron chi connectivity index (χ2n) is 7.36. The number of rotatable bonds is 8. The fourth-order valence-electron chi connectivity index (χ4n) is 3.24. The van der Waals surface area contributed by atoms with Gasteiger partial charge in [0.25, 0.3) is 15.9 Å². The van der Waals surface area contributed by atoms with Crippen LogP contribution in [0.1, 0.15) is 20.2 Å². The summed E-state index contributed by atoms with van der Waals surface area (Å²) in [5, 5.41) is 5.99. The Labute approximate surface area is 201 Å². The van der Waals surface area contributed by atoms with E-state index < -0.39 is 10.0 Å². The number of para-hydroxylation sites is 1. The van der Waals surface area contributed by atoms with E-state index >= 15 is 0 Å². The Morgan fingerprint density at radius 3 is 2.42 bits per heavy atom. The zero-order chi connectivity index (χ0) is 23.4. The number of thiophene rings is 1. The van der Waals surface area contributed by atoms with Gasteiger partial charge in [0.1, 0.15) is 0 Å². The highest BCUT2D eigenvalue weighted by molar-refractivity contribution is 7.92. The fourth-order valence-corrected chi connectivity index (χ4v) is 6.09. The normalized spacial score (nSPS) is 11.3. The fraction of sp³-hybridized carbons (Fsp3) is 0.167. The smallest absolute Gasteiger partial charge is 0.264 e. The molecule has 9 heteroatoms. The van der Waals surface area contributed by atoms with Crippen molar-refractivity contribution in [2.75, 3.05) is 17.9 Å². The molecule has 1 N–H and O–H groups in total. The lowest BCUT2D eigenvalue weighted by Crippen LogP contribution is -2.27. The molecule has 2 heterocycles. The van der Waals surface area contributed by atoms with Crippen molar-refractivity contribution in [3.05, 3.63) is 87.6 Å². The van der Waals surface area contributed by atoms with Gasteiger partial charge in [0, 0.05) is 29.4 Å². The van der Waals surface area contributed by atoms with Crippen LogP contribution in [0.4, 0.5) is 5.69 Å². The van der Waals surface area contributed by atoms with Crippen molar-refractivity contribution >= 4 is 44.3 Å². The number of benzene rings is 2. The number of aryl methyl sites for hydroxylation is 1. The van der Waals surface area contributed by atoms with Gasteiger partial charge < -0.3 is 5.32 Å². The molecule has 6 nitrogen and oxygen atoms in total. The van der Waals surface area contributed by atoms with Gasteiger partial charge in [-0.15, -0.1) is 22.7 Å². The van der Waals surface area contributed by atoms with E-state index in [1.165, 1.54) is 40.5 Å². The summed E-state index contributed by atoms with van der Waals surface area (Å²) < 4.78 is 27.0. The average molecular weight is 498 g/mol. The van der Waals surface area contributed by atoms with Gasteiger partial charge in [-0.05, 0) is 61.9 Å². The standard InChI is InChI=1S/C24H23N3O3S3/c1-17-26-22(16-31-17)23-13-10-20(32-23)14-15-25-24(28)18-8-11-21(12-9-18)33(29,30)27(2)19-6-4-3-5-7-19/h3-13,16H,14-15H2,1-2H3,(H,25,28). The van der Waals surface area contributed by atoms with Crippen LogP contribution in [-0.2, 0) is 16.4 Å². The van der Waals surface area contributed by atoms with E-state index in [2.05, 4.69) is 22.4 Å². The Hall–Kier alpha value is -3.01. The molecule has 0 radical (unpaired) electrons. The van der Waals surface area contributed by atoms with E-state index in [9.17, 15) is 13.2 Å². The summed E-state index contributed by atoms with van der Waals surface area (Å²) in [6.45, 7) is 2.48. The average Bonchev–Trinajstić information content (AvgIpc) is 3.48. The molecule has 1 amide bonds. The summed E-state index contributed by atoms with van der Waals surface area (Å²) in [4.78, 5) is 19.4. The molecular weight excluding hydrogens is 474 g/mol. The van der Waals surface area contributed by atoms with E-state index in [0.717, 1.165) is 15.6 Å². The minimum atomic E-state index is -3.71. The lowest BCUT2D eigenvalue weighted by atomic mass is 10.2. The molecule has 0 saturated heterocycles. The summed E-state index contributed by atoms with van der Waals surface area (Å²) in [7, 11) is -2.20. The van der Waals surface area contributed by atoms with Crippen molar-refractivity contribution in [2.45, 2.75) is 18.2 Å². The maximum atomic E-state index is 12.9. The molecule has 170 valence electrons. The van der Waals surface area contributed by atoms with E-state index in [1.54, 1.807) is 46.9 Å². The Morgan fingerprint density at radius 1 is 1.03 bits per heavy atom. The maximum Gasteiger partial charge on any atom is 0.264 e. The van der Waals surface area contributed by atoms with E-state index in [4.69, 9.17) is 0 Å². The van der Waals surface area contributed by atoms with Crippen LogP contribution < -0.4 is 9.62 Å². The third-order valence-corrected chi connectivity index (χ3v) is 8.83. The molecule has 4 aromatic rings. The summed E-state index contributed by atoms with van der Waals surface area (Å²) in [6.07, 6.45) is 0.716. The lowest BCUT2D eigenvalue weighted by Gasteiger charge is -2.19. The van der Waals surface area contributed by atoms with Crippen LogP contribution in [-0.4, -0.2) is 32.9 Å². The van der Waals surface area contributed by atoms with E-state index in [1.807, 2.05) is 18.4 Å². The largest absolute Gasteiger partial charge is 0.352 e. The molecule has 0 aliphatic carbocycles. The van der Waals surface area contributed by atoms with Gasteiger partial charge in [-0.25, -0.2) is 13.4 Å². The van der Waals surface area contributed by atoms with Crippen molar-refractivity contribution < 1.29 is 13.2 Å². The highest BCUT2D eigenvalue weighted by Crippen LogP contribution is 2.29. The number of aromatic nitrogens is 1. The van der Waals surface area contributed by atoms with Gasteiger partial charge in [-0.1, -0.05) is 18.2 Å². The maximum absolute atomic E-state index is 12.9. The monoisotopic (exact) mass is 497 g/mol. The molecule has 0 aliphatic heterocycles. The van der Waals surface area contributed by atoms with Crippen molar-refractivity contribution in [2.24, 2.45) is 0 Å². The minimum Gasteiger partial charge on any atom is -0.352 e. The Morgan fingerprint density at radius 2 is 1.76 bits per heavy atom. The number of carbonyl (C=O) groups is 1. The third-order valence-electron chi connectivity index (χ3n) is 5.08. The van der Waals surface area contributed by atoms with Crippen LogP contribution >= 0.6 is 22.7 Å². The molecule has 0 saturated carbocycles. The topological polar surface area (TPSA) is 79.4 Å². The molecule has 0 atom stereocenters. The van der Waals surface area contributed by atoms with Gasteiger partial charge in [-0.3, -0.25) is 9.10 Å². The van der Waals surface area contributed by atoms with Crippen LogP contribution in [0.25, 0.3) is 10.6 Å². The van der Waals surface area contributed by atoms with Crippen molar-refractivity contribution in [1.82, 2.24) is 10.3 Å². The molecule has 0 bridgehead atoms. The Bertz CT molecular complexity index is 1340. The number of hydrogen-bond donors (Lipinski definition) is 1. The first kappa shape index (κ1) is 23.2. The minimum absolute atomic E-state index is 0.133. The number of nitrogens with zero attached hydrogens (tertiary/aromatic N) is 2. The summed E-state index contributed by atoms with van der Waals surface area (Å²) >= 11 is 3.30. The van der Waals surface area contributed by atoms with Crippen LogP contribution in [0.2, 0.25) is 0 Å². The van der Waals surface area contributed by atoms with Gasteiger partial charge in [0.2, 0.25) is 0 Å². The Kier molecular flexibility index (Phi) is 6.92. The molecule has 0 unspecified atom stereocenters. The van der Waals surface area contributed by atoms with Crippen molar-refractivity contribution in [3.8, 4) is 10.6 Å². The predicted octanol–water partition coefficient (Wildman–Crippen LogP) is 4.98. The number of sulfonamides is 1. The number of carbonyl (C=O) groups excluding carboxylic acids is 1. The quantitative estimate of drug-likeness (QED) is 0.372. The predicted molar refractivity (Wildman–Crippen MR) is 135 cm³/mol. The molecule has 2 aromatic heterocycles. The van der Waals surface area contributed by atoms with Gasteiger partial charge in [-0.2, -0.15) is 0 Å². The summed E-state index contributed by atoms with van der Waals surface area (Å²) in [6, 6.07) is 19.0. The van der Waals surface area contributed by atoms with Crippen LogP contribution in [0.15, 0.2) is 77.0 Å². The van der Waals surface area contributed by atoms with Gasteiger partial charge in [0.05, 0.1) is 26.2 Å². The molecule has 0 aliphatic rings. The summed E-state index contributed by atoms with van der Waals surface area (Å²) in [5.41, 5.74) is 1.98. The van der Waals surface area contributed by atoms with Gasteiger partial charge in [0.15, 0.2) is 0 Å². The highest BCUT2D eigenvalue weighted by atomic mass is 32.2. The molecule has 2 aromatic carbocycles. The van der Waals surface area contributed by atoms with Gasteiger partial charge >= 0.3 is 0 Å². The molecule has 33 heavy (non-hydrogen) atoms. The highest BCUT2D eigenvalue weighted by Gasteiger charge is 2.21. The van der Waals surface area contributed by atoms with Crippen molar-refractivity contribution in [3.63, 3.8) is 0 Å². The van der Waals surface area contributed by atoms with Crippen LogP contribution in [0.5, 0.6) is 0 Å². The summed E-state index contributed by atoms with van der Waals surface area (Å²) in [5.74, 6) is -0.234. The first-order valence-corrected chi connectivity index (χ1v) is 13.4. The van der Waals surface area contributed by atoms with Crippen LogP contribution in [0, 0.1) is 6.92 Å². The van der Waals surface area contributed by atoms with E-state index in [0.29, 0.717) is 24.2 Å². The lowest BCUT2D eigenvalue weighted by molar-refractivity contribution is 0.0954. The Balaban J connectivity index is 1.34. The zero-order valence-corrected chi connectivity index (χ0v) is 20.6. The first-order valence-electron chi connectivity index (χ1n) is 10.3. The molecule has 4 rings (SSSR count). The third kappa shape index (κ3) is 5.32. The second-order valence-corrected chi connectivity index (χ2v) is 11.6.